The second-order valence-corrected chi connectivity index (χ2v) is 22.4. The van der Waals surface area contributed by atoms with Crippen molar-refractivity contribution < 1.29 is 4.42 Å². The van der Waals surface area contributed by atoms with Crippen LogP contribution in [0.3, 0.4) is 0 Å². The van der Waals surface area contributed by atoms with Crippen LogP contribution in [0.2, 0.25) is 0 Å². The minimum absolute atomic E-state index is 0.00307. The van der Waals surface area contributed by atoms with Gasteiger partial charge in [-0.25, -0.2) is 0 Å². The predicted molar refractivity (Wildman–Crippen MR) is 280 cm³/mol. The summed E-state index contributed by atoms with van der Waals surface area (Å²) in [5.41, 5.74) is 19.5. The van der Waals surface area contributed by atoms with E-state index < -0.39 is 0 Å². The molecule has 4 nitrogen and oxygen atoms in total. The first-order chi connectivity index (χ1) is 30.8. The minimum Gasteiger partial charge on any atom is -0.468 e. The molecule has 2 aliphatic rings. The van der Waals surface area contributed by atoms with Crippen LogP contribution in [0.15, 0.2) is 162 Å². The molecular weight excluding hydrogens is 789 g/mol. The molecule has 0 atom stereocenters. The second-order valence-electron chi connectivity index (χ2n) is 22.4. The maximum atomic E-state index is 7.36. The lowest BCUT2D eigenvalue weighted by Crippen LogP contribution is -2.61. The highest BCUT2D eigenvalue weighted by Crippen LogP contribution is 2.50. The number of hydrogen-bond donors (Lipinski definition) is 0. The molecule has 8 aromatic rings. The van der Waals surface area contributed by atoms with Gasteiger partial charge in [0.2, 0.25) is 0 Å². The number of hydrogen-bond acceptors (Lipinski definition) is 4. The predicted octanol–water partition coefficient (Wildman–Crippen LogP) is 15.2. The van der Waals surface area contributed by atoms with Crippen LogP contribution in [-0.2, 0) is 21.7 Å². The lowest BCUT2D eigenvalue weighted by molar-refractivity contribution is 0.590. The van der Waals surface area contributed by atoms with Crippen LogP contribution in [0.4, 0.5) is 51.2 Å². The Bertz CT molecular complexity index is 3030. The smallest absolute Gasteiger partial charge is 0.297 e. The van der Waals surface area contributed by atoms with Crippen LogP contribution < -0.4 is 31.3 Å². The van der Waals surface area contributed by atoms with Crippen LogP contribution in [0.5, 0.6) is 0 Å². The summed E-state index contributed by atoms with van der Waals surface area (Å²) in [5, 5.41) is 1.13. The molecule has 10 rings (SSSR count). The van der Waals surface area contributed by atoms with Crippen molar-refractivity contribution >= 4 is 85.5 Å². The van der Waals surface area contributed by atoms with Crippen molar-refractivity contribution in [1.29, 1.82) is 0 Å². The molecule has 3 heterocycles. The van der Waals surface area contributed by atoms with Crippen molar-refractivity contribution in [3.8, 4) is 0 Å². The normalized spacial score (nSPS) is 13.8. The van der Waals surface area contributed by atoms with E-state index in [1.807, 2.05) is 0 Å². The van der Waals surface area contributed by atoms with Crippen molar-refractivity contribution in [1.82, 2.24) is 0 Å². The summed E-state index contributed by atoms with van der Waals surface area (Å²) in [6.07, 6.45) is 0. The molecule has 0 spiro atoms. The third-order valence-electron chi connectivity index (χ3n) is 13.6. The zero-order valence-electron chi connectivity index (χ0n) is 40.3. The van der Waals surface area contributed by atoms with E-state index in [4.69, 9.17) is 4.42 Å². The van der Waals surface area contributed by atoms with Gasteiger partial charge in [-0.05, 0) is 134 Å². The number of para-hydroxylation sites is 2. The molecule has 0 N–H and O–H groups in total. The topological polar surface area (TPSA) is 22.9 Å². The van der Waals surface area contributed by atoms with Gasteiger partial charge in [-0.15, -0.1) is 0 Å². The van der Waals surface area contributed by atoms with Gasteiger partial charge in [0.15, 0.2) is 0 Å². The van der Waals surface area contributed by atoms with Crippen LogP contribution >= 0.6 is 0 Å². The van der Waals surface area contributed by atoms with E-state index in [0.717, 1.165) is 67.8 Å². The highest BCUT2D eigenvalue weighted by Gasteiger charge is 2.48. The van der Waals surface area contributed by atoms with Gasteiger partial charge in [0.05, 0.1) is 17.0 Å². The molecule has 0 bridgehead atoms. The zero-order valence-corrected chi connectivity index (χ0v) is 40.3. The Hall–Kier alpha value is -6.46. The number of furan rings is 1. The second kappa shape index (κ2) is 15.1. The first-order valence-electron chi connectivity index (χ1n) is 23.4. The van der Waals surface area contributed by atoms with Gasteiger partial charge in [0.25, 0.3) is 6.71 Å². The molecule has 5 heteroatoms. The zero-order chi connectivity index (χ0) is 45.8. The summed E-state index contributed by atoms with van der Waals surface area (Å²) in [6, 6.07) is 59.0. The summed E-state index contributed by atoms with van der Waals surface area (Å²) in [6.45, 7) is 27.4. The van der Waals surface area contributed by atoms with E-state index in [1.54, 1.807) is 0 Å². The maximum absolute atomic E-state index is 7.36. The molecule has 0 fully saturated rings. The molecule has 0 amide bonds. The molecule has 7 aromatic carbocycles. The largest absolute Gasteiger partial charge is 0.468 e. The molecule has 2 aliphatic heterocycles. The monoisotopic (exact) mass is 851 g/mol. The SMILES string of the molecule is CC(C)(C)c1ccc(N2c3ccc(C(C)(C)C)cc3B3c4oc5ccc(C(C)(C)C)cc5c4N(c4ccc(C(C)(C)C)cc4)c4cc(N(c5ccccc5)c5ccccc5)cc2c43)cc1. The number of rotatable bonds is 5. The molecule has 65 heavy (non-hydrogen) atoms. The molecule has 0 saturated heterocycles. The first kappa shape index (κ1) is 42.5. The minimum atomic E-state index is -0.177. The molecular formula is C60H62BN3O. The van der Waals surface area contributed by atoms with E-state index in [1.165, 1.54) is 33.2 Å². The summed E-state index contributed by atoms with van der Waals surface area (Å²) < 4.78 is 7.36. The summed E-state index contributed by atoms with van der Waals surface area (Å²) in [5.74, 6) is 0. The van der Waals surface area contributed by atoms with Gasteiger partial charge in [0.1, 0.15) is 5.58 Å². The molecule has 0 aliphatic carbocycles. The Kier molecular flexibility index (Phi) is 9.84. The van der Waals surface area contributed by atoms with Crippen molar-refractivity contribution in [2.45, 2.75) is 105 Å². The van der Waals surface area contributed by atoms with E-state index in [9.17, 15) is 0 Å². The molecule has 1 aromatic heterocycles. The van der Waals surface area contributed by atoms with E-state index in [2.05, 4.69) is 256 Å². The molecule has 0 unspecified atom stereocenters. The number of benzene rings is 7. The summed E-state index contributed by atoms with van der Waals surface area (Å²) in [4.78, 5) is 7.45. The summed E-state index contributed by atoms with van der Waals surface area (Å²) in [7, 11) is 0. The standard InChI is InChI=1S/C60H62BN3O/c1-57(2,3)39-23-29-45(30-24-39)63-50-33-27-42(60(10,11)12)36-49(50)61-54-51(63)37-47(62(43-19-15-13-16-20-43)44-21-17-14-18-22-44)38-52(54)64(46-31-25-40(26-32-46)58(4,5)6)55-48-35-41(59(7,8)9)28-34-53(48)65-56(55)61/h13-38H,1-12H3. The van der Waals surface area contributed by atoms with Gasteiger partial charge in [-0.2, -0.15) is 0 Å². The first-order valence-corrected chi connectivity index (χ1v) is 23.4. The summed E-state index contributed by atoms with van der Waals surface area (Å²) >= 11 is 0. The van der Waals surface area contributed by atoms with Crippen molar-refractivity contribution in [2.75, 3.05) is 14.7 Å². The Balaban J connectivity index is 1.36. The van der Waals surface area contributed by atoms with Crippen LogP contribution in [0.1, 0.15) is 105 Å². The van der Waals surface area contributed by atoms with E-state index in [-0.39, 0.29) is 28.4 Å². The van der Waals surface area contributed by atoms with Gasteiger partial charge in [-0.1, -0.05) is 162 Å². The number of nitrogens with zero attached hydrogens (tertiary/aromatic N) is 3. The van der Waals surface area contributed by atoms with Gasteiger partial charge in [0, 0.05) is 45.2 Å². The highest BCUT2D eigenvalue weighted by atomic mass is 16.3. The Labute approximate surface area is 387 Å². The Morgan fingerprint density at radius 1 is 0.415 bits per heavy atom. The fourth-order valence-electron chi connectivity index (χ4n) is 9.90. The van der Waals surface area contributed by atoms with Gasteiger partial charge < -0.3 is 19.1 Å². The highest BCUT2D eigenvalue weighted by molar-refractivity contribution is 7.00. The van der Waals surface area contributed by atoms with Crippen molar-refractivity contribution in [2.24, 2.45) is 0 Å². The Morgan fingerprint density at radius 3 is 1.37 bits per heavy atom. The van der Waals surface area contributed by atoms with Gasteiger partial charge in [-0.3, -0.25) is 0 Å². The van der Waals surface area contributed by atoms with E-state index in [0.29, 0.717) is 0 Å². The van der Waals surface area contributed by atoms with Crippen LogP contribution in [0.25, 0.3) is 11.0 Å². The fourth-order valence-corrected chi connectivity index (χ4v) is 9.90. The molecule has 0 radical (unpaired) electrons. The average molecular weight is 852 g/mol. The van der Waals surface area contributed by atoms with E-state index >= 15 is 0 Å². The fraction of sp³-hybridized carbons (Fsp3) is 0.267. The van der Waals surface area contributed by atoms with Crippen molar-refractivity contribution in [3.05, 3.63) is 180 Å². The third kappa shape index (κ3) is 7.34. The maximum Gasteiger partial charge on any atom is 0.297 e. The molecule has 326 valence electrons. The van der Waals surface area contributed by atoms with Crippen molar-refractivity contribution in [3.63, 3.8) is 0 Å². The van der Waals surface area contributed by atoms with Gasteiger partial charge >= 0.3 is 0 Å². The van der Waals surface area contributed by atoms with Crippen LogP contribution in [0, 0.1) is 0 Å². The average Bonchev–Trinajstić information content (AvgIpc) is 3.64. The quantitative estimate of drug-likeness (QED) is 0.161. The Morgan fingerprint density at radius 2 is 0.862 bits per heavy atom. The lowest BCUT2D eigenvalue weighted by Gasteiger charge is -2.44. The third-order valence-corrected chi connectivity index (χ3v) is 13.6. The lowest BCUT2D eigenvalue weighted by atomic mass is 9.35. The number of anilines is 9. The van der Waals surface area contributed by atoms with Crippen LogP contribution in [-0.4, -0.2) is 6.71 Å². The molecule has 0 saturated carbocycles. The number of fused-ring (bicyclic) bond motifs is 6.